The maximum atomic E-state index is 12.9. The lowest BCUT2D eigenvalue weighted by Crippen LogP contribution is -2.39. The van der Waals surface area contributed by atoms with E-state index in [0.29, 0.717) is 22.4 Å². The van der Waals surface area contributed by atoms with Crippen molar-refractivity contribution in [2.75, 3.05) is 7.11 Å². The average Bonchev–Trinajstić information content (AvgIpc) is 2.74. The number of nitrogens with zero attached hydrogens (tertiary/aromatic N) is 2. The Morgan fingerprint density at radius 3 is 2.40 bits per heavy atom. The molecule has 0 unspecified atom stereocenters. The predicted molar refractivity (Wildman–Crippen MR) is 108 cm³/mol. The van der Waals surface area contributed by atoms with Gasteiger partial charge in [-0.05, 0) is 50.2 Å². The van der Waals surface area contributed by atoms with E-state index in [2.05, 4.69) is 9.72 Å². The van der Waals surface area contributed by atoms with Crippen LogP contribution < -0.4 is 10.9 Å². The number of rotatable bonds is 4. The van der Waals surface area contributed by atoms with Crippen LogP contribution >= 0.6 is 0 Å². The Morgan fingerprint density at radius 1 is 1.07 bits per heavy atom. The van der Waals surface area contributed by atoms with E-state index in [1.54, 1.807) is 37.3 Å². The summed E-state index contributed by atoms with van der Waals surface area (Å²) < 4.78 is 10.8. The third-order valence-corrected chi connectivity index (χ3v) is 4.37. The maximum absolute atomic E-state index is 12.9. The summed E-state index contributed by atoms with van der Waals surface area (Å²) in [5.41, 5.74) is 1.09. The number of benzene rings is 2. The van der Waals surface area contributed by atoms with E-state index >= 15 is 0 Å². The number of hydrogen-bond donors (Lipinski definition) is 1. The van der Waals surface area contributed by atoms with Gasteiger partial charge in [-0.25, -0.2) is 14.6 Å². The van der Waals surface area contributed by atoms with Gasteiger partial charge in [0.15, 0.2) is 6.10 Å². The molecule has 30 heavy (non-hydrogen) atoms. The number of ether oxygens (including phenoxy) is 2. The van der Waals surface area contributed by atoms with E-state index in [4.69, 9.17) is 4.74 Å². The number of methoxy groups -OCH3 is 1. The van der Waals surface area contributed by atoms with Gasteiger partial charge in [0.05, 0.1) is 29.3 Å². The lowest BCUT2D eigenvalue weighted by molar-refractivity contribution is -0.128. The molecule has 2 aromatic carbocycles. The summed E-state index contributed by atoms with van der Waals surface area (Å²) in [6.45, 7) is 3.05. The molecule has 1 atom stereocenters. The minimum absolute atomic E-state index is 0.177. The quantitative estimate of drug-likeness (QED) is 0.656. The number of carbonyl (C=O) groups is 3. The Labute approximate surface area is 171 Å². The Kier molecular flexibility index (Phi) is 5.91. The van der Waals surface area contributed by atoms with Crippen LogP contribution in [0.25, 0.3) is 16.6 Å². The smallest absolute Gasteiger partial charge is 0.413 e. The van der Waals surface area contributed by atoms with Crippen LogP contribution in [-0.2, 0) is 14.3 Å². The van der Waals surface area contributed by atoms with Crippen molar-refractivity contribution in [3.8, 4) is 5.69 Å². The molecule has 1 heterocycles. The van der Waals surface area contributed by atoms with Crippen molar-refractivity contribution in [3.05, 3.63) is 70.3 Å². The maximum Gasteiger partial charge on any atom is 0.413 e. The first kappa shape index (κ1) is 20.7. The SMILES string of the molecule is COC(=O)NC(=O)[C@H](C)OC(=O)c1ccc(-n2c(C)nc3ccccc3c2=O)cc1. The summed E-state index contributed by atoms with van der Waals surface area (Å²) in [6.07, 6.45) is -2.15. The molecule has 9 heteroatoms. The first-order valence-electron chi connectivity index (χ1n) is 9.00. The van der Waals surface area contributed by atoms with Crippen molar-refractivity contribution in [1.82, 2.24) is 14.9 Å². The zero-order chi connectivity index (χ0) is 21.8. The molecule has 3 rings (SSSR count). The fourth-order valence-corrected chi connectivity index (χ4v) is 2.83. The topological polar surface area (TPSA) is 117 Å². The van der Waals surface area contributed by atoms with Gasteiger partial charge in [-0.3, -0.25) is 19.5 Å². The van der Waals surface area contributed by atoms with Crippen molar-refractivity contribution in [3.63, 3.8) is 0 Å². The monoisotopic (exact) mass is 409 g/mol. The molecule has 0 radical (unpaired) electrons. The summed E-state index contributed by atoms with van der Waals surface area (Å²) in [4.78, 5) is 52.4. The first-order valence-corrected chi connectivity index (χ1v) is 9.00. The number of nitrogens with one attached hydrogen (secondary N) is 1. The molecule has 0 aliphatic carbocycles. The summed E-state index contributed by atoms with van der Waals surface area (Å²) in [5.74, 6) is -1.06. The van der Waals surface area contributed by atoms with Gasteiger partial charge in [0.2, 0.25) is 0 Å². The molecule has 0 bridgehead atoms. The van der Waals surface area contributed by atoms with Crippen molar-refractivity contribution in [2.24, 2.45) is 0 Å². The number of hydrogen-bond acceptors (Lipinski definition) is 7. The van der Waals surface area contributed by atoms with Gasteiger partial charge in [0.25, 0.3) is 11.5 Å². The molecule has 0 saturated carbocycles. The third kappa shape index (κ3) is 4.19. The van der Waals surface area contributed by atoms with Gasteiger partial charge in [-0.1, -0.05) is 12.1 Å². The molecule has 0 fully saturated rings. The average molecular weight is 409 g/mol. The molecular formula is C21H19N3O6. The number of imide groups is 1. The van der Waals surface area contributed by atoms with Gasteiger partial charge >= 0.3 is 12.1 Å². The van der Waals surface area contributed by atoms with E-state index in [1.165, 1.54) is 23.6 Å². The largest absolute Gasteiger partial charge is 0.453 e. The molecule has 3 aromatic rings. The fourth-order valence-electron chi connectivity index (χ4n) is 2.83. The van der Waals surface area contributed by atoms with Crippen LogP contribution in [-0.4, -0.2) is 40.7 Å². The van der Waals surface area contributed by atoms with E-state index in [-0.39, 0.29) is 11.1 Å². The van der Waals surface area contributed by atoms with E-state index in [9.17, 15) is 19.2 Å². The summed E-state index contributed by atoms with van der Waals surface area (Å²) >= 11 is 0. The summed E-state index contributed by atoms with van der Waals surface area (Å²) in [7, 11) is 1.11. The van der Waals surface area contributed by atoms with Crippen LogP contribution in [0.2, 0.25) is 0 Å². The molecule has 9 nitrogen and oxygen atoms in total. The van der Waals surface area contributed by atoms with Crippen LogP contribution in [0.4, 0.5) is 4.79 Å². The van der Waals surface area contributed by atoms with Gasteiger partial charge in [0, 0.05) is 0 Å². The number of amides is 2. The minimum Gasteiger partial charge on any atom is -0.453 e. The van der Waals surface area contributed by atoms with E-state index < -0.39 is 24.1 Å². The molecule has 0 aliphatic rings. The van der Waals surface area contributed by atoms with Gasteiger partial charge in [-0.2, -0.15) is 0 Å². The summed E-state index contributed by atoms with van der Waals surface area (Å²) in [5, 5.41) is 2.40. The van der Waals surface area contributed by atoms with E-state index in [0.717, 1.165) is 7.11 Å². The van der Waals surface area contributed by atoms with Crippen LogP contribution in [0, 0.1) is 6.92 Å². The predicted octanol–water partition coefficient (Wildman–Crippen LogP) is 2.12. The molecule has 0 aliphatic heterocycles. The zero-order valence-electron chi connectivity index (χ0n) is 16.5. The van der Waals surface area contributed by atoms with Crippen LogP contribution in [0.5, 0.6) is 0 Å². The molecule has 0 saturated heterocycles. The number of aromatic nitrogens is 2. The minimum atomic E-state index is -1.20. The number of carbonyl (C=O) groups excluding carboxylic acids is 3. The molecule has 154 valence electrons. The highest BCUT2D eigenvalue weighted by Gasteiger charge is 2.21. The highest BCUT2D eigenvalue weighted by Crippen LogP contribution is 2.14. The lowest BCUT2D eigenvalue weighted by atomic mass is 10.2. The fraction of sp³-hybridized carbons (Fsp3) is 0.190. The first-order chi connectivity index (χ1) is 14.3. The normalized spacial score (nSPS) is 11.6. The van der Waals surface area contributed by atoms with Gasteiger partial charge < -0.3 is 9.47 Å². The van der Waals surface area contributed by atoms with Gasteiger partial charge in [-0.15, -0.1) is 0 Å². The van der Waals surface area contributed by atoms with Crippen molar-refractivity contribution < 1.29 is 23.9 Å². The second-order valence-corrected chi connectivity index (χ2v) is 6.39. The second-order valence-electron chi connectivity index (χ2n) is 6.39. The number of alkyl carbamates (subject to hydrolysis) is 1. The second kappa shape index (κ2) is 8.56. The number of para-hydroxylation sites is 1. The van der Waals surface area contributed by atoms with Crippen LogP contribution in [0.1, 0.15) is 23.1 Å². The Bertz CT molecular complexity index is 1180. The van der Waals surface area contributed by atoms with Crippen molar-refractivity contribution in [2.45, 2.75) is 20.0 Å². The Morgan fingerprint density at radius 2 is 1.73 bits per heavy atom. The Hall–Kier alpha value is -4.01. The standard InChI is InChI=1S/C21H19N3O6/c1-12(18(25)23-21(28)29-3)30-20(27)14-8-10-15(11-9-14)24-13(2)22-17-7-5-4-6-16(17)19(24)26/h4-12H,1-3H3,(H,23,25,28)/t12-/m0/s1. The van der Waals surface area contributed by atoms with Gasteiger partial charge in [0.1, 0.15) is 5.82 Å². The number of fused-ring (bicyclic) bond motifs is 1. The lowest BCUT2D eigenvalue weighted by Gasteiger charge is -2.13. The number of esters is 1. The highest BCUT2D eigenvalue weighted by atomic mass is 16.6. The van der Waals surface area contributed by atoms with Crippen molar-refractivity contribution in [1.29, 1.82) is 0 Å². The third-order valence-electron chi connectivity index (χ3n) is 4.37. The summed E-state index contributed by atoms with van der Waals surface area (Å²) in [6, 6.07) is 13.2. The molecular weight excluding hydrogens is 390 g/mol. The number of aryl methyl sites for hydroxylation is 1. The molecule has 0 spiro atoms. The Balaban J connectivity index is 1.81. The van der Waals surface area contributed by atoms with Crippen LogP contribution in [0.15, 0.2) is 53.3 Å². The zero-order valence-corrected chi connectivity index (χ0v) is 16.5. The van der Waals surface area contributed by atoms with Crippen LogP contribution in [0.3, 0.4) is 0 Å². The highest BCUT2D eigenvalue weighted by molar-refractivity contribution is 5.97. The molecule has 2 amide bonds. The van der Waals surface area contributed by atoms with E-state index in [1.807, 2.05) is 11.4 Å². The van der Waals surface area contributed by atoms with Crippen molar-refractivity contribution >= 4 is 28.9 Å². The molecule has 1 aromatic heterocycles. The molecule has 1 N–H and O–H groups in total.